The summed E-state index contributed by atoms with van der Waals surface area (Å²) < 4.78 is 35.3. The molecule has 0 aliphatic heterocycles. The Balaban J connectivity index is 1.18. The quantitative estimate of drug-likeness (QED) is 0.318. The highest BCUT2D eigenvalue weighted by Gasteiger charge is 2.31. The van der Waals surface area contributed by atoms with Gasteiger partial charge in [0.25, 0.3) is 0 Å². The summed E-state index contributed by atoms with van der Waals surface area (Å²) >= 11 is 0. The maximum atomic E-state index is 14.8. The molecule has 1 aromatic rings. The van der Waals surface area contributed by atoms with Crippen LogP contribution in [0, 0.1) is 47.1 Å². The average molecular weight is 489 g/mol. The monoisotopic (exact) mass is 488 g/mol. The maximum Gasteiger partial charge on any atom is 0.200 e. The number of benzene rings is 1. The lowest BCUT2D eigenvalue weighted by atomic mass is 9.68. The van der Waals surface area contributed by atoms with Crippen LogP contribution in [0.1, 0.15) is 122 Å². The topological polar surface area (TPSA) is 9.23 Å². The third kappa shape index (κ3) is 7.45. The minimum absolute atomic E-state index is 0.0954. The van der Waals surface area contributed by atoms with Gasteiger partial charge in [0.15, 0.2) is 11.6 Å². The van der Waals surface area contributed by atoms with Crippen LogP contribution in [0.25, 0.3) is 0 Å². The molecule has 1 nitrogen and oxygen atoms in total. The smallest absolute Gasteiger partial charge is 0.200 e. The van der Waals surface area contributed by atoms with E-state index in [2.05, 4.69) is 13.8 Å². The van der Waals surface area contributed by atoms with Gasteiger partial charge in [-0.3, -0.25) is 0 Å². The van der Waals surface area contributed by atoms with Crippen molar-refractivity contribution in [3.63, 3.8) is 0 Å². The van der Waals surface area contributed by atoms with Crippen LogP contribution in [0.4, 0.5) is 8.78 Å². The van der Waals surface area contributed by atoms with E-state index in [-0.39, 0.29) is 5.75 Å². The maximum absolute atomic E-state index is 14.8. The predicted molar refractivity (Wildman–Crippen MR) is 142 cm³/mol. The molecule has 3 heteroatoms. The summed E-state index contributed by atoms with van der Waals surface area (Å²) in [4.78, 5) is 0. The fourth-order valence-electron chi connectivity index (χ4n) is 7.55. The second kappa shape index (κ2) is 13.4. The predicted octanol–water partition coefficient (Wildman–Crippen LogP) is 9.91. The highest BCUT2D eigenvalue weighted by molar-refractivity contribution is 5.31. The van der Waals surface area contributed by atoms with Crippen LogP contribution >= 0.6 is 0 Å². The third-order valence-electron chi connectivity index (χ3n) is 10.1. The molecule has 0 bridgehead atoms. The molecule has 0 amide bonds. The van der Waals surface area contributed by atoms with Gasteiger partial charge in [0.05, 0.1) is 6.61 Å². The highest BCUT2D eigenvalue weighted by atomic mass is 19.2. The van der Waals surface area contributed by atoms with Crippen molar-refractivity contribution in [3.05, 3.63) is 29.3 Å². The zero-order valence-electron chi connectivity index (χ0n) is 22.5. The molecule has 0 aromatic heterocycles. The van der Waals surface area contributed by atoms with Gasteiger partial charge in [0, 0.05) is 0 Å². The minimum Gasteiger partial charge on any atom is -0.490 e. The first-order chi connectivity index (χ1) is 17.1. The SMILES string of the molecule is CCCC1CCC(C2CCC(CCc3ccc(OCC4CCC(CC)CC4)c(F)c3F)CC2)CC1. The van der Waals surface area contributed by atoms with E-state index >= 15 is 0 Å². The van der Waals surface area contributed by atoms with Gasteiger partial charge in [-0.1, -0.05) is 77.7 Å². The van der Waals surface area contributed by atoms with Gasteiger partial charge in [0.1, 0.15) is 0 Å². The Morgan fingerprint density at radius 1 is 0.657 bits per heavy atom. The first-order valence-corrected chi connectivity index (χ1v) is 15.2. The van der Waals surface area contributed by atoms with Gasteiger partial charge < -0.3 is 4.74 Å². The molecular formula is C32H50F2O. The molecule has 4 rings (SSSR count). The van der Waals surface area contributed by atoms with Gasteiger partial charge >= 0.3 is 0 Å². The van der Waals surface area contributed by atoms with Crippen LogP contribution < -0.4 is 4.74 Å². The number of hydrogen-bond donors (Lipinski definition) is 0. The van der Waals surface area contributed by atoms with E-state index in [4.69, 9.17) is 4.74 Å². The Kier molecular flexibility index (Phi) is 10.3. The fraction of sp³-hybridized carbons (Fsp3) is 0.812. The van der Waals surface area contributed by atoms with Crippen LogP contribution in [0.3, 0.4) is 0 Å². The highest BCUT2D eigenvalue weighted by Crippen LogP contribution is 2.43. The summed E-state index contributed by atoms with van der Waals surface area (Å²) in [6.45, 7) is 5.08. The van der Waals surface area contributed by atoms with Crippen LogP contribution in [-0.4, -0.2) is 6.61 Å². The number of ether oxygens (including phenoxy) is 1. The Morgan fingerprint density at radius 2 is 1.20 bits per heavy atom. The standard InChI is InChI=1S/C32H50F2O/c1-3-5-24-10-15-27(16-11-24)28-17-12-25(13-18-28)14-19-29-20-21-30(32(34)31(29)33)35-22-26-8-6-23(4-2)7-9-26/h20-21,23-28H,3-19,22H2,1-2H3. The number of hydrogen-bond acceptors (Lipinski definition) is 1. The second-order valence-electron chi connectivity index (χ2n) is 12.3. The van der Waals surface area contributed by atoms with Crippen LogP contribution in [-0.2, 0) is 6.42 Å². The van der Waals surface area contributed by atoms with Crippen molar-refractivity contribution >= 4 is 0 Å². The lowest BCUT2D eigenvalue weighted by Crippen LogP contribution is -2.26. The van der Waals surface area contributed by atoms with E-state index in [1.807, 2.05) is 0 Å². The van der Waals surface area contributed by atoms with Gasteiger partial charge in [-0.25, -0.2) is 4.39 Å². The van der Waals surface area contributed by atoms with E-state index in [9.17, 15) is 8.78 Å². The Morgan fingerprint density at radius 3 is 1.77 bits per heavy atom. The minimum atomic E-state index is -0.785. The zero-order valence-corrected chi connectivity index (χ0v) is 22.5. The van der Waals surface area contributed by atoms with Crippen molar-refractivity contribution in [2.24, 2.45) is 35.5 Å². The van der Waals surface area contributed by atoms with Crippen LogP contribution in [0.5, 0.6) is 5.75 Å². The molecule has 0 saturated heterocycles. The van der Waals surface area contributed by atoms with Crippen LogP contribution in [0.2, 0.25) is 0 Å². The summed E-state index contributed by atoms with van der Waals surface area (Å²) in [5, 5.41) is 0. The summed E-state index contributed by atoms with van der Waals surface area (Å²) in [6, 6.07) is 3.43. The zero-order chi connectivity index (χ0) is 24.6. The summed E-state index contributed by atoms with van der Waals surface area (Å²) in [5.41, 5.74) is 0.523. The molecule has 3 aliphatic rings. The molecule has 35 heavy (non-hydrogen) atoms. The summed E-state index contributed by atoms with van der Waals surface area (Å²) in [5.74, 6) is 3.45. The van der Waals surface area contributed by atoms with Crippen molar-refractivity contribution in [2.45, 2.75) is 123 Å². The molecule has 3 saturated carbocycles. The Labute approximate surface area is 213 Å². The van der Waals surface area contributed by atoms with Crippen molar-refractivity contribution in [3.8, 4) is 5.75 Å². The van der Waals surface area contributed by atoms with Gasteiger partial charge in [-0.05, 0) is 98.5 Å². The van der Waals surface area contributed by atoms with E-state index in [0.29, 0.717) is 30.4 Å². The number of aryl methyl sites for hydroxylation is 1. The Bertz CT molecular complexity index is 753. The molecular weight excluding hydrogens is 438 g/mol. The fourth-order valence-corrected chi connectivity index (χ4v) is 7.55. The Hall–Kier alpha value is -1.12. The summed E-state index contributed by atoms with van der Waals surface area (Å²) in [7, 11) is 0. The summed E-state index contributed by atoms with van der Waals surface area (Å²) in [6.07, 6.45) is 21.4. The molecule has 0 heterocycles. The van der Waals surface area contributed by atoms with E-state index in [1.54, 1.807) is 12.1 Å². The second-order valence-corrected chi connectivity index (χ2v) is 12.3. The van der Waals surface area contributed by atoms with Crippen molar-refractivity contribution in [1.29, 1.82) is 0 Å². The lowest BCUT2D eigenvalue weighted by molar-refractivity contribution is 0.141. The number of halogens is 2. The average Bonchev–Trinajstić information content (AvgIpc) is 2.90. The van der Waals surface area contributed by atoms with Gasteiger partial charge in [0.2, 0.25) is 5.82 Å². The molecule has 1 aromatic carbocycles. The van der Waals surface area contributed by atoms with E-state index < -0.39 is 11.6 Å². The van der Waals surface area contributed by atoms with Gasteiger partial charge in [-0.15, -0.1) is 0 Å². The first-order valence-electron chi connectivity index (χ1n) is 15.2. The normalized spacial score (nSPS) is 31.9. The number of rotatable bonds is 10. The molecule has 0 unspecified atom stereocenters. The molecule has 3 aliphatic carbocycles. The lowest BCUT2D eigenvalue weighted by Gasteiger charge is -2.38. The van der Waals surface area contributed by atoms with Crippen molar-refractivity contribution in [2.75, 3.05) is 6.61 Å². The van der Waals surface area contributed by atoms with Gasteiger partial charge in [-0.2, -0.15) is 4.39 Å². The molecule has 0 radical (unpaired) electrons. The van der Waals surface area contributed by atoms with Crippen LogP contribution in [0.15, 0.2) is 12.1 Å². The molecule has 198 valence electrons. The van der Waals surface area contributed by atoms with Crippen molar-refractivity contribution < 1.29 is 13.5 Å². The molecule has 3 fully saturated rings. The van der Waals surface area contributed by atoms with Crippen molar-refractivity contribution in [1.82, 2.24) is 0 Å². The first kappa shape index (κ1) is 26.9. The molecule has 0 N–H and O–H groups in total. The van der Waals surface area contributed by atoms with E-state index in [1.165, 1.54) is 83.5 Å². The van der Waals surface area contributed by atoms with E-state index in [0.717, 1.165) is 42.9 Å². The third-order valence-corrected chi connectivity index (χ3v) is 10.1. The largest absolute Gasteiger partial charge is 0.490 e. The molecule has 0 atom stereocenters. The molecule has 0 spiro atoms.